The van der Waals surface area contributed by atoms with Crippen LogP contribution in [0.25, 0.3) is 0 Å². The van der Waals surface area contributed by atoms with Crippen molar-refractivity contribution in [1.82, 2.24) is 5.32 Å². The summed E-state index contributed by atoms with van der Waals surface area (Å²) in [6.07, 6.45) is -0.794. The number of methoxy groups -OCH3 is 1. The van der Waals surface area contributed by atoms with Gasteiger partial charge in [-0.05, 0) is 61.0 Å². The number of ether oxygens (including phenoxy) is 3. The number of hydrogen-bond donors (Lipinski definition) is 2. The van der Waals surface area contributed by atoms with Crippen molar-refractivity contribution in [3.8, 4) is 11.5 Å². The SMILES string of the molecule is CCOC(=O)Oc1ccc(C(=O)NCc2ccc(NC(=O)c3ccccc3OC)cc2)cc1. The molecule has 0 saturated heterocycles. The summed E-state index contributed by atoms with van der Waals surface area (Å²) >= 11 is 0. The Hall–Kier alpha value is -4.33. The van der Waals surface area contributed by atoms with E-state index in [1.54, 1.807) is 55.5 Å². The van der Waals surface area contributed by atoms with E-state index in [1.807, 2.05) is 12.1 Å². The lowest BCUT2D eigenvalue weighted by molar-refractivity contribution is 0.0950. The van der Waals surface area contributed by atoms with Crippen LogP contribution in [0.1, 0.15) is 33.2 Å². The van der Waals surface area contributed by atoms with Gasteiger partial charge in [-0.3, -0.25) is 9.59 Å². The lowest BCUT2D eigenvalue weighted by Gasteiger charge is -2.10. The van der Waals surface area contributed by atoms with E-state index >= 15 is 0 Å². The molecule has 0 saturated carbocycles. The Labute approximate surface area is 191 Å². The minimum Gasteiger partial charge on any atom is -0.496 e. The first kappa shape index (κ1) is 23.3. The third kappa shape index (κ3) is 6.57. The molecular formula is C25H24N2O6. The van der Waals surface area contributed by atoms with E-state index in [-0.39, 0.29) is 24.2 Å². The second kappa shape index (κ2) is 11.3. The van der Waals surface area contributed by atoms with Gasteiger partial charge in [0.15, 0.2) is 0 Å². The number of benzene rings is 3. The molecule has 0 aliphatic rings. The summed E-state index contributed by atoms with van der Waals surface area (Å²) in [5.41, 5.74) is 2.35. The predicted molar refractivity (Wildman–Crippen MR) is 123 cm³/mol. The number of hydrogen-bond acceptors (Lipinski definition) is 6. The maximum atomic E-state index is 12.5. The molecule has 0 unspecified atom stereocenters. The van der Waals surface area contributed by atoms with Crippen molar-refractivity contribution in [2.75, 3.05) is 19.0 Å². The number of para-hydroxylation sites is 1. The Morgan fingerprint density at radius 2 is 1.55 bits per heavy atom. The first-order valence-corrected chi connectivity index (χ1v) is 10.3. The van der Waals surface area contributed by atoms with E-state index in [0.717, 1.165) is 5.56 Å². The summed E-state index contributed by atoms with van der Waals surface area (Å²) in [5.74, 6) is 0.237. The van der Waals surface area contributed by atoms with Crippen LogP contribution in [-0.4, -0.2) is 31.7 Å². The Morgan fingerprint density at radius 1 is 0.848 bits per heavy atom. The van der Waals surface area contributed by atoms with E-state index in [0.29, 0.717) is 29.1 Å². The average Bonchev–Trinajstić information content (AvgIpc) is 2.84. The van der Waals surface area contributed by atoms with Gasteiger partial charge in [0.2, 0.25) is 0 Å². The lowest BCUT2D eigenvalue weighted by atomic mass is 10.1. The molecule has 3 rings (SSSR count). The van der Waals surface area contributed by atoms with E-state index in [2.05, 4.69) is 10.6 Å². The molecule has 0 aliphatic heterocycles. The second-order valence-electron chi connectivity index (χ2n) is 6.84. The highest BCUT2D eigenvalue weighted by Gasteiger charge is 2.12. The maximum Gasteiger partial charge on any atom is 0.513 e. The van der Waals surface area contributed by atoms with Gasteiger partial charge in [-0.1, -0.05) is 24.3 Å². The molecule has 0 fully saturated rings. The summed E-state index contributed by atoms with van der Waals surface area (Å²) in [4.78, 5) is 36.2. The first-order chi connectivity index (χ1) is 16.0. The largest absolute Gasteiger partial charge is 0.513 e. The molecule has 0 heterocycles. The van der Waals surface area contributed by atoms with Crippen molar-refractivity contribution in [2.24, 2.45) is 0 Å². The summed E-state index contributed by atoms with van der Waals surface area (Å²) in [5, 5.41) is 5.65. The smallest absolute Gasteiger partial charge is 0.496 e. The van der Waals surface area contributed by atoms with Gasteiger partial charge in [0, 0.05) is 17.8 Å². The molecular weight excluding hydrogens is 424 g/mol. The van der Waals surface area contributed by atoms with Crippen LogP contribution in [0.3, 0.4) is 0 Å². The molecule has 2 amide bonds. The number of carbonyl (C=O) groups is 3. The Kier molecular flexibility index (Phi) is 8.02. The quantitative estimate of drug-likeness (QED) is 0.391. The lowest BCUT2D eigenvalue weighted by Crippen LogP contribution is -2.22. The summed E-state index contributed by atoms with van der Waals surface area (Å²) in [6, 6.07) is 20.3. The average molecular weight is 448 g/mol. The van der Waals surface area contributed by atoms with Gasteiger partial charge in [0.05, 0.1) is 19.3 Å². The van der Waals surface area contributed by atoms with Gasteiger partial charge >= 0.3 is 6.16 Å². The molecule has 0 bridgehead atoms. The topological polar surface area (TPSA) is 103 Å². The highest BCUT2D eigenvalue weighted by molar-refractivity contribution is 6.06. The number of amides is 2. The van der Waals surface area contributed by atoms with Crippen molar-refractivity contribution < 1.29 is 28.6 Å². The standard InChI is InChI=1S/C25H24N2O6/c1-3-32-25(30)33-20-14-10-18(11-15-20)23(28)26-16-17-8-12-19(13-9-17)27-24(29)21-6-4-5-7-22(21)31-2/h4-15H,3,16H2,1-2H3,(H,26,28)(H,27,29). The maximum absolute atomic E-state index is 12.5. The first-order valence-electron chi connectivity index (χ1n) is 10.3. The Morgan fingerprint density at radius 3 is 2.21 bits per heavy atom. The molecule has 33 heavy (non-hydrogen) atoms. The van der Waals surface area contributed by atoms with Crippen LogP contribution in [-0.2, 0) is 11.3 Å². The molecule has 0 radical (unpaired) electrons. The molecule has 170 valence electrons. The summed E-state index contributed by atoms with van der Waals surface area (Å²) in [6.45, 7) is 2.20. The van der Waals surface area contributed by atoms with Crippen LogP contribution in [0.2, 0.25) is 0 Å². The van der Waals surface area contributed by atoms with Crippen molar-refractivity contribution in [1.29, 1.82) is 0 Å². The number of rotatable bonds is 8. The minimum atomic E-state index is -0.794. The van der Waals surface area contributed by atoms with E-state index in [1.165, 1.54) is 19.2 Å². The van der Waals surface area contributed by atoms with Crippen LogP contribution in [0.4, 0.5) is 10.5 Å². The van der Waals surface area contributed by atoms with Crippen LogP contribution < -0.4 is 20.1 Å². The normalized spacial score (nSPS) is 10.1. The Balaban J connectivity index is 1.52. The molecule has 2 N–H and O–H groups in total. The fourth-order valence-electron chi connectivity index (χ4n) is 2.94. The zero-order valence-corrected chi connectivity index (χ0v) is 18.3. The number of anilines is 1. The minimum absolute atomic E-state index is 0.217. The number of nitrogens with one attached hydrogen (secondary N) is 2. The molecule has 3 aromatic carbocycles. The van der Waals surface area contributed by atoms with Crippen LogP contribution in [0.5, 0.6) is 11.5 Å². The van der Waals surface area contributed by atoms with Crippen LogP contribution in [0.15, 0.2) is 72.8 Å². The predicted octanol–water partition coefficient (Wildman–Crippen LogP) is 4.41. The molecule has 8 heteroatoms. The van der Waals surface area contributed by atoms with Gasteiger partial charge in [0.25, 0.3) is 11.8 Å². The van der Waals surface area contributed by atoms with Crippen molar-refractivity contribution in [2.45, 2.75) is 13.5 Å². The number of carbonyl (C=O) groups excluding carboxylic acids is 3. The third-order valence-corrected chi connectivity index (χ3v) is 4.60. The highest BCUT2D eigenvalue weighted by Crippen LogP contribution is 2.19. The van der Waals surface area contributed by atoms with Crippen molar-refractivity contribution in [3.63, 3.8) is 0 Å². The van der Waals surface area contributed by atoms with Gasteiger partial charge in [0.1, 0.15) is 11.5 Å². The molecule has 0 aromatic heterocycles. The van der Waals surface area contributed by atoms with Crippen LogP contribution >= 0.6 is 0 Å². The molecule has 0 atom stereocenters. The second-order valence-corrected chi connectivity index (χ2v) is 6.84. The van der Waals surface area contributed by atoms with Gasteiger partial charge in [-0.15, -0.1) is 0 Å². The van der Waals surface area contributed by atoms with E-state index < -0.39 is 6.16 Å². The monoisotopic (exact) mass is 448 g/mol. The highest BCUT2D eigenvalue weighted by atomic mass is 16.7. The van der Waals surface area contributed by atoms with Gasteiger partial charge < -0.3 is 24.8 Å². The van der Waals surface area contributed by atoms with Crippen molar-refractivity contribution >= 4 is 23.7 Å². The Bertz CT molecular complexity index is 1110. The fraction of sp³-hybridized carbons (Fsp3) is 0.160. The van der Waals surface area contributed by atoms with E-state index in [4.69, 9.17) is 14.2 Å². The fourth-order valence-corrected chi connectivity index (χ4v) is 2.94. The van der Waals surface area contributed by atoms with Crippen LogP contribution in [0, 0.1) is 0 Å². The zero-order chi connectivity index (χ0) is 23.6. The van der Waals surface area contributed by atoms with Gasteiger partial charge in [-0.2, -0.15) is 0 Å². The third-order valence-electron chi connectivity index (χ3n) is 4.60. The zero-order valence-electron chi connectivity index (χ0n) is 18.3. The molecule has 0 aliphatic carbocycles. The summed E-state index contributed by atoms with van der Waals surface area (Å²) < 4.78 is 14.9. The summed E-state index contributed by atoms with van der Waals surface area (Å²) in [7, 11) is 1.51. The molecule has 0 spiro atoms. The van der Waals surface area contributed by atoms with Gasteiger partial charge in [-0.25, -0.2) is 4.79 Å². The molecule has 3 aromatic rings. The van der Waals surface area contributed by atoms with Crippen molar-refractivity contribution in [3.05, 3.63) is 89.5 Å². The van der Waals surface area contributed by atoms with E-state index in [9.17, 15) is 14.4 Å². The molecule has 8 nitrogen and oxygen atoms in total.